The van der Waals surface area contributed by atoms with Gasteiger partial charge in [0.15, 0.2) is 11.5 Å². The second-order valence-corrected chi connectivity index (χ2v) is 8.76. The van der Waals surface area contributed by atoms with Crippen LogP contribution in [0.5, 0.6) is 11.5 Å². The smallest absolute Gasteiger partial charge is 0.343 e. The minimum absolute atomic E-state index is 0.243. The molecule has 0 radical (unpaired) electrons. The lowest BCUT2D eigenvalue weighted by atomic mass is 10.2. The van der Waals surface area contributed by atoms with Gasteiger partial charge in [0.1, 0.15) is 0 Å². The van der Waals surface area contributed by atoms with E-state index in [-0.39, 0.29) is 18.2 Å². The van der Waals surface area contributed by atoms with Gasteiger partial charge < -0.3 is 14.8 Å². The molecule has 10 heteroatoms. The number of hydrogen-bond donors (Lipinski definition) is 2. The van der Waals surface area contributed by atoms with Crippen LogP contribution < -0.4 is 20.2 Å². The first-order chi connectivity index (χ1) is 16.9. The second-order valence-electron chi connectivity index (χ2n) is 6.99. The van der Waals surface area contributed by atoms with Crippen molar-refractivity contribution in [3.05, 3.63) is 92.4 Å². The first kappa shape index (κ1) is 26.1. The van der Waals surface area contributed by atoms with E-state index in [1.807, 2.05) is 6.92 Å². The van der Waals surface area contributed by atoms with Crippen LogP contribution in [0.3, 0.4) is 0 Å². The SMILES string of the molecule is CCOc1cc(/C=N/NC(=O)CNC(=O)c2ccccc2Br)ccc1OC(=O)c1ccc(Br)cc1. The van der Waals surface area contributed by atoms with Crippen molar-refractivity contribution < 1.29 is 23.9 Å². The number of rotatable bonds is 9. The number of hydrazone groups is 1. The van der Waals surface area contributed by atoms with Crippen LogP contribution in [0.25, 0.3) is 0 Å². The Morgan fingerprint density at radius 1 is 0.971 bits per heavy atom. The highest BCUT2D eigenvalue weighted by Gasteiger charge is 2.14. The molecule has 0 saturated carbocycles. The Bertz CT molecular complexity index is 1250. The van der Waals surface area contributed by atoms with E-state index in [2.05, 4.69) is 47.7 Å². The number of nitrogens with one attached hydrogen (secondary N) is 2. The number of nitrogens with zero attached hydrogens (tertiary/aromatic N) is 1. The lowest BCUT2D eigenvalue weighted by molar-refractivity contribution is -0.120. The minimum atomic E-state index is -0.517. The first-order valence-electron chi connectivity index (χ1n) is 10.5. The van der Waals surface area contributed by atoms with E-state index >= 15 is 0 Å². The van der Waals surface area contributed by atoms with Crippen LogP contribution in [0, 0.1) is 0 Å². The third-order valence-corrected chi connectivity index (χ3v) is 5.70. The van der Waals surface area contributed by atoms with Gasteiger partial charge >= 0.3 is 5.97 Å². The van der Waals surface area contributed by atoms with Gasteiger partial charge in [-0.2, -0.15) is 5.10 Å². The summed E-state index contributed by atoms with van der Waals surface area (Å²) in [7, 11) is 0. The van der Waals surface area contributed by atoms with Crippen LogP contribution in [0.1, 0.15) is 33.2 Å². The molecular formula is C25H21Br2N3O5. The van der Waals surface area contributed by atoms with Crippen molar-refractivity contribution in [1.82, 2.24) is 10.7 Å². The largest absolute Gasteiger partial charge is 0.490 e. The average molecular weight is 603 g/mol. The molecule has 35 heavy (non-hydrogen) atoms. The third kappa shape index (κ3) is 7.76. The topological polar surface area (TPSA) is 106 Å². The average Bonchev–Trinajstić information content (AvgIpc) is 2.85. The van der Waals surface area contributed by atoms with Crippen LogP contribution in [0.4, 0.5) is 0 Å². The monoisotopic (exact) mass is 601 g/mol. The Balaban J connectivity index is 1.57. The zero-order valence-corrected chi connectivity index (χ0v) is 21.8. The van der Waals surface area contributed by atoms with Crippen LogP contribution in [0.15, 0.2) is 80.8 Å². The Morgan fingerprint density at radius 2 is 1.71 bits per heavy atom. The number of esters is 1. The van der Waals surface area contributed by atoms with Crippen LogP contribution in [0.2, 0.25) is 0 Å². The summed E-state index contributed by atoms with van der Waals surface area (Å²) in [4.78, 5) is 36.6. The van der Waals surface area contributed by atoms with Gasteiger partial charge in [-0.1, -0.05) is 28.1 Å². The van der Waals surface area contributed by atoms with E-state index in [0.717, 1.165) is 4.47 Å². The van der Waals surface area contributed by atoms with E-state index < -0.39 is 11.9 Å². The normalized spacial score (nSPS) is 10.6. The maximum atomic E-state index is 12.4. The van der Waals surface area contributed by atoms with Crippen molar-refractivity contribution in [1.29, 1.82) is 0 Å². The zero-order valence-electron chi connectivity index (χ0n) is 18.6. The summed E-state index contributed by atoms with van der Waals surface area (Å²) in [5.41, 5.74) is 3.78. The molecule has 3 rings (SSSR count). The molecular weight excluding hydrogens is 582 g/mol. The quantitative estimate of drug-likeness (QED) is 0.160. The third-order valence-electron chi connectivity index (χ3n) is 4.48. The molecule has 0 saturated heterocycles. The van der Waals surface area contributed by atoms with Gasteiger partial charge in [-0.15, -0.1) is 0 Å². The van der Waals surface area contributed by atoms with Crippen molar-refractivity contribution in [2.45, 2.75) is 6.92 Å². The molecule has 0 aliphatic heterocycles. The molecule has 0 aliphatic rings. The lowest BCUT2D eigenvalue weighted by Gasteiger charge is -2.11. The lowest BCUT2D eigenvalue weighted by Crippen LogP contribution is -2.35. The van der Waals surface area contributed by atoms with Crippen molar-refractivity contribution >= 4 is 55.9 Å². The fourth-order valence-corrected chi connectivity index (χ4v) is 3.55. The number of carbonyl (C=O) groups is 3. The van der Waals surface area contributed by atoms with Gasteiger partial charge in [0.2, 0.25) is 0 Å². The predicted octanol–water partition coefficient (Wildman–Crippen LogP) is 4.71. The van der Waals surface area contributed by atoms with Gasteiger partial charge in [-0.05, 0) is 83.0 Å². The number of halogens is 2. The molecule has 0 heterocycles. The molecule has 0 aliphatic carbocycles. The van der Waals surface area contributed by atoms with Crippen molar-refractivity contribution in [2.75, 3.05) is 13.2 Å². The van der Waals surface area contributed by atoms with Crippen molar-refractivity contribution in [3.63, 3.8) is 0 Å². The van der Waals surface area contributed by atoms with E-state index in [0.29, 0.717) is 33.5 Å². The molecule has 0 unspecified atom stereocenters. The zero-order chi connectivity index (χ0) is 25.2. The van der Waals surface area contributed by atoms with Crippen LogP contribution in [-0.2, 0) is 4.79 Å². The predicted molar refractivity (Wildman–Crippen MR) is 139 cm³/mol. The van der Waals surface area contributed by atoms with Crippen molar-refractivity contribution in [2.24, 2.45) is 5.10 Å². The summed E-state index contributed by atoms with van der Waals surface area (Å²) < 4.78 is 12.6. The highest BCUT2D eigenvalue weighted by Crippen LogP contribution is 2.29. The standard InChI is InChI=1S/C25H21Br2N3O5/c1-2-34-22-13-16(7-12-21(22)35-25(33)17-8-10-18(26)11-9-17)14-29-30-23(31)15-28-24(32)19-5-3-4-6-20(19)27/h3-14H,2,15H2,1H3,(H,28,32)(H,30,31)/b29-14+. The van der Waals surface area contributed by atoms with Gasteiger partial charge in [0.05, 0.1) is 30.5 Å². The minimum Gasteiger partial charge on any atom is -0.490 e. The molecule has 2 N–H and O–H groups in total. The molecule has 0 fully saturated rings. The van der Waals surface area contributed by atoms with Crippen molar-refractivity contribution in [3.8, 4) is 11.5 Å². The number of ether oxygens (including phenoxy) is 2. The summed E-state index contributed by atoms with van der Waals surface area (Å²) in [6.07, 6.45) is 1.41. The Labute approximate surface area is 219 Å². The van der Waals surface area contributed by atoms with Gasteiger partial charge in [0, 0.05) is 8.95 Å². The number of hydrogen-bond acceptors (Lipinski definition) is 6. The molecule has 0 spiro atoms. The van der Waals surface area contributed by atoms with E-state index in [9.17, 15) is 14.4 Å². The first-order valence-corrected chi connectivity index (χ1v) is 12.0. The highest BCUT2D eigenvalue weighted by atomic mass is 79.9. The van der Waals surface area contributed by atoms with E-state index in [1.54, 1.807) is 66.7 Å². The summed E-state index contributed by atoms with van der Waals surface area (Å²) in [6.45, 7) is 1.92. The van der Waals surface area contributed by atoms with Gasteiger partial charge in [-0.25, -0.2) is 10.2 Å². The fraction of sp³-hybridized carbons (Fsp3) is 0.120. The summed E-state index contributed by atoms with van der Waals surface area (Å²) in [5, 5.41) is 6.43. The van der Waals surface area contributed by atoms with Crippen LogP contribution in [-0.4, -0.2) is 37.1 Å². The number of amides is 2. The van der Waals surface area contributed by atoms with Crippen LogP contribution >= 0.6 is 31.9 Å². The molecule has 3 aromatic rings. The van der Waals surface area contributed by atoms with Gasteiger partial charge in [-0.3, -0.25) is 9.59 Å². The molecule has 3 aromatic carbocycles. The maximum Gasteiger partial charge on any atom is 0.343 e. The number of benzene rings is 3. The summed E-state index contributed by atoms with van der Waals surface area (Å²) in [6, 6.07) is 18.6. The fourth-order valence-electron chi connectivity index (χ4n) is 2.82. The highest BCUT2D eigenvalue weighted by molar-refractivity contribution is 9.10. The molecule has 0 atom stereocenters. The Kier molecular flexibility index (Phi) is 9.56. The second kappa shape index (κ2) is 12.8. The maximum absolute atomic E-state index is 12.4. The van der Waals surface area contributed by atoms with Gasteiger partial charge in [0.25, 0.3) is 11.8 Å². The summed E-state index contributed by atoms with van der Waals surface area (Å²) >= 11 is 6.62. The molecule has 0 aromatic heterocycles. The molecule has 8 nitrogen and oxygen atoms in total. The number of carbonyl (C=O) groups excluding carboxylic acids is 3. The Morgan fingerprint density at radius 3 is 2.43 bits per heavy atom. The summed E-state index contributed by atoms with van der Waals surface area (Å²) in [5.74, 6) is -0.778. The molecule has 0 bridgehead atoms. The van der Waals surface area contributed by atoms with E-state index in [4.69, 9.17) is 9.47 Å². The Hall–Kier alpha value is -3.50. The van der Waals surface area contributed by atoms with E-state index in [1.165, 1.54) is 6.21 Å². The molecule has 2 amide bonds. The molecule has 180 valence electrons.